The normalized spacial score (nSPS) is 10.0. The van der Waals surface area contributed by atoms with Crippen molar-refractivity contribution in [2.45, 2.75) is 34.1 Å². The number of aryl methyl sites for hydroxylation is 2. The molecule has 0 aromatic heterocycles. The Labute approximate surface area is 109 Å². The third kappa shape index (κ3) is 3.65. The molecule has 1 N–H and O–H groups in total. The van der Waals surface area contributed by atoms with Crippen LogP contribution in [-0.2, 0) is 4.74 Å². The molecule has 0 heterocycles. The quantitative estimate of drug-likeness (QED) is 0.813. The number of carbonyl (C=O) groups is 1. The Morgan fingerprint density at radius 3 is 2.39 bits per heavy atom. The summed E-state index contributed by atoms with van der Waals surface area (Å²) in [6.45, 7) is 8.87. The van der Waals surface area contributed by atoms with Crippen molar-refractivity contribution in [3.8, 4) is 0 Å². The van der Waals surface area contributed by atoms with Crippen molar-refractivity contribution in [3.63, 3.8) is 0 Å². The van der Waals surface area contributed by atoms with Gasteiger partial charge in [0.2, 0.25) is 0 Å². The van der Waals surface area contributed by atoms with Crippen LogP contribution in [-0.4, -0.2) is 24.3 Å². The number of nitrogens with zero attached hydrogens (tertiary/aromatic N) is 1. The van der Waals surface area contributed by atoms with E-state index >= 15 is 0 Å². The number of carbonyl (C=O) groups excluding carboxylic acids is 1. The molecule has 18 heavy (non-hydrogen) atoms. The van der Waals surface area contributed by atoms with E-state index < -0.39 is 0 Å². The van der Waals surface area contributed by atoms with Gasteiger partial charge in [-0.3, -0.25) is 5.43 Å². The van der Waals surface area contributed by atoms with Crippen LogP contribution in [0.4, 0.5) is 10.5 Å². The second-order valence-corrected chi connectivity index (χ2v) is 4.23. The molecule has 0 saturated carbocycles. The monoisotopic (exact) mass is 250 g/mol. The highest BCUT2D eigenvalue weighted by Crippen LogP contribution is 2.20. The van der Waals surface area contributed by atoms with Gasteiger partial charge in [0.05, 0.1) is 12.3 Å². The van der Waals surface area contributed by atoms with Crippen molar-refractivity contribution in [3.05, 3.63) is 29.3 Å². The van der Waals surface area contributed by atoms with Gasteiger partial charge in [0.1, 0.15) is 0 Å². The molecule has 0 aliphatic rings. The molecule has 0 aliphatic carbocycles. The van der Waals surface area contributed by atoms with Crippen LogP contribution in [0.25, 0.3) is 0 Å². The molecule has 4 nitrogen and oxygen atoms in total. The van der Waals surface area contributed by atoms with Gasteiger partial charge in [0.15, 0.2) is 0 Å². The predicted molar refractivity (Wildman–Crippen MR) is 73.6 cm³/mol. The number of hydrogen-bond donors (Lipinski definition) is 1. The van der Waals surface area contributed by atoms with E-state index in [0.29, 0.717) is 13.2 Å². The largest absolute Gasteiger partial charge is 0.448 e. The van der Waals surface area contributed by atoms with Crippen LogP contribution in [0.3, 0.4) is 0 Å². The zero-order chi connectivity index (χ0) is 13.5. The maximum Gasteiger partial charge on any atom is 0.428 e. The van der Waals surface area contributed by atoms with Crippen molar-refractivity contribution in [1.29, 1.82) is 0 Å². The van der Waals surface area contributed by atoms with Gasteiger partial charge in [-0.25, -0.2) is 9.80 Å². The molecule has 0 aliphatic heterocycles. The maximum atomic E-state index is 11.8. The molecule has 100 valence electrons. The van der Waals surface area contributed by atoms with E-state index in [1.54, 1.807) is 6.92 Å². The molecule has 4 heteroatoms. The molecule has 0 saturated heterocycles. The molecule has 0 radical (unpaired) electrons. The zero-order valence-corrected chi connectivity index (χ0v) is 11.6. The summed E-state index contributed by atoms with van der Waals surface area (Å²) in [4.78, 5) is 11.8. The topological polar surface area (TPSA) is 41.6 Å². The molecule has 0 unspecified atom stereocenters. The first-order valence-electron chi connectivity index (χ1n) is 6.37. The minimum absolute atomic E-state index is 0.331. The van der Waals surface area contributed by atoms with E-state index in [1.807, 2.05) is 39.0 Å². The molecular formula is C14H22N2O2. The lowest BCUT2D eigenvalue weighted by Crippen LogP contribution is -2.37. The number of rotatable bonds is 5. The van der Waals surface area contributed by atoms with Crippen molar-refractivity contribution in [2.75, 3.05) is 18.6 Å². The molecule has 1 amide bonds. The average Bonchev–Trinajstić information content (AvgIpc) is 2.33. The maximum absolute atomic E-state index is 11.8. The number of nitrogens with one attached hydrogen (secondary N) is 1. The van der Waals surface area contributed by atoms with Gasteiger partial charge in [0.25, 0.3) is 0 Å². The van der Waals surface area contributed by atoms with E-state index in [2.05, 4.69) is 5.43 Å². The number of ether oxygens (including phenoxy) is 1. The summed E-state index contributed by atoms with van der Waals surface area (Å²) in [5, 5.41) is 1.53. The minimum atomic E-state index is -0.331. The van der Waals surface area contributed by atoms with Crippen LogP contribution in [0.15, 0.2) is 18.2 Å². The van der Waals surface area contributed by atoms with Crippen LogP contribution in [0, 0.1) is 13.8 Å². The van der Waals surface area contributed by atoms with Gasteiger partial charge in [-0.15, -0.1) is 0 Å². The van der Waals surface area contributed by atoms with Crippen LogP contribution in [0.1, 0.15) is 31.4 Å². The number of amides is 1. The summed E-state index contributed by atoms with van der Waals surface area (Å²) in [5.41, 5.74) is 6.35. The Kier molecular flexibility index (Phi) is 5.49. The average molecular weight is 250 g/mol. The van der Waals surface area contributed by atoms with Crippen molar-refractivity contribution in [2.24, 2.45) is 0 Å². The van der Waals surface area contributed by atoms with Gasteiger partial charge in [-0.1, -0.05) is 25.1 Å². The van der Waals surface area contributed by atoms with Gasteiger partial charge in [-0.05, 0) is 38.3 Å². The highest BCUT2D eigenvalue weighted by molar-refractivity contribution is 5.71. The summed E-state index contributed by atoms with van der Waals surface area (Å²) in [6.07, 6.45) is 0.540. The second-order valence-electron chi connectivity index (χ2n) is 4.23. The summed E-state index contributed by atoms with van der Waals surface area (Å²) < 4.78 is 5.03. The first-order chi connectivity index (χ1) is 8.60. The standard InChI is InChI=1S/C14H22N2O2/c1-5-10-16(14(17)18-6-2)15-13-11(3)8-7-9-12(13)4/h7-9,15H,5-6,10H2,1-4H3. The highest BCUT2D eigenvalue weighted by Gasteiger charge is 2.15. The van der Waals surface area contributed by atoms with E-state index in [9.17, 15) is 4.79 Å². The second kappa shape index (κ2) is 6.89. The lowest BCUT2D eigenvalue weighted by Gasteiger charge is -2.25. The zero-order valence-electron chi connectivity index (χ0n) is 11.6. The van der Waals surface area contributed by atoms with E-state index in [-0.39, 0.29) is 6.09 Å². The molecule has 0 spiro atoms. The Morgan fingerprint density at radius 2 is 1.89 bits per heavy atom. The van der Waals surface area contributed by atoms with E-state index in [4.69, 9.17) is 4.74 Å². The van der Waals surface area contributed by atoms with Gasteiger partial charge in [0, 0.05) is 6.54 Å². The number of para-hydroxylation sites is 1. The summed E-state index contributed by atoms with van der Waals surface area (Å²) >= 11 is 0. The number of anilines is 1. The Hall–Kier alpha value is -1.71. The third-order valence-electron chi connectivity index (χ3n) is 2.66. The van der Waals surface area contributed by atoms with Crippen molar-refractivity contribution in [1.82, 2.24) is 5.01 Å². The first-order valence-corrected chi connectivity index (χ1v) is 6.37. The fourth-order valence-corrected chi connectivity index (χ4v) is 1.74. The molecule has 1 aromatic carbocycles. The molecular weight excluding hydrogens is 228 g/mol. The van der Waals surface area contributed by atoms with Crippen LogP contribution < -0.4 is 5.43 Å². The lowest BCUT2D eigenvalue weighted by atomic mass is 10.1. The molecule has 0 fully saturated rings. The van der Waals surface area contributed by atoms with Crippen molar-refractivity contribution < 1.29 is 9.53 Å². The molecule has 1 aromatic rings. The number of hydrazine groups is 1. The van der Waals surface area contributed by atoms with Crippen molar-refractivity contribution >= 4 is 11.8 Å². The fourth-order valence-electron chi connectivity index (χ4n) is 1.74. The Balaban J connectivity index is 2.86. The fraction of sp³-hybridized carbons (Fsp3) is 0.500. The molecule has 0 atom stereocenters. The molecule has 0 bridgehead atoms. The van der Waals surface area contributed by atoms with E-state index in [0.717, 1.165) is 23.2 Å². The third-order valence-corrected chi connectivity index (χ3v) is 2.66. The Morgan fingerprint density at radius 1 is 1.28 bits per heavy atom. The van der Waals surface area contributed by atoms with Gasteiger partial charge < -0.3 is 4.74 Å². The molecule has 1 rings (SSSR count). The predicted octanol–water partition coefficient (Wildman–Crippen LogP) is 3.50. The summed E-state index contributed by atoms with van der Waals surface area (Å²) in [7, 11) is 0. The Bertz CT molecular complexity index is 385. The first kappa shape index (κ1) is 14.4. The van der Waals surface area contributed by atoms with Crippen LogP contribution in [0.2, 0.25) is 0 Å². The van der Waals surface area contributed by atoms with Gasteiger partial charge in [-0.2, -0.15) is 0 Å². The smallest absolute Gasteiger partial charge is 0.428 e. The summed E-state index contributed by atoms with van der Waals surface area (Å²) in [6, 6.07) is 6.04. The van der Waals surface area contributed by atoms with E-state index in [1.165, 1.54) is 5.01 Å². The number of benzene rings is 1. The lowest BCUT2D eigenvalue weighted by molar-refractivity contribution is 0.116. The SMILES string of the molecule is CCCN(Nc1c(C)cccc1C)C(=O)OCC. The van der Waals surface area contributed by atoms with Gasteiger partial charge >= 0.3 is 6.09 Å². The van der Waals surface area contributed by atoms with Crippen LogP contribution >= 0.6 is 0 Å². The van der Waals surface area contributed by atoms with Crippen LogP contribution in [0.5, 0.6) is 0 Å². The highest BCUT2D eigenvalue weighted by atomic mass is 16.6. The minimum Gasteiger partial charge on any atom is -0.448 e. The summed E-state index contributed by atoms with van der Waals surface area (Å²) in [5.74, 6) is 0. The number of hydrogen-bond acceptors (Lipinski definition) is 3.